The summed E-state index contributed by atoms with van der Waals surface area (Å²) in [6.45, 7) is 4.58. The van der Waals surface area contributed by atoms with Gasteiger partial charge < -0.3 is 10.4 Å². The van der Waals surface area contributed by atoms with Crippen LogP contribution in [0.2, 0.25) is 0 Å². The summed E-state index contributed by atoms with van der Waals surface area (Å²) in [6.07, 6.45) is 4.91. The fourth-order valence-corrected chi connectivity index (χ4v) is 5.25. The van der Waals surface area contributed by atoms with Crippen molar-refractivity contribution < 1.29 is 9.90 Å². The summed E-state index contributed by atoms with van der Waals surface area (Å²) in [5.41, 5.74) is 0.308. The predicted octanol–water partition coefficient (Wildman–Crippen LogP) is 1.87. The van der Waals surface area contributed by atoms with E-state index in [0.29, 0.717) is 29.2 Å². The van der Waals surface area contributed by atoms with Crippen molar-refractivity contribution in [1.82, 2.24) is 5.32 Å². The lowest BCUT2D eigenvalue weighted by molar-refractivity contribution is -0.141. The molecule has 0 aromatic rings. The van der Waals surface area contributed by atoms with E-state index < -0.39 is 5.97 Å². The van der Waals surface area contributed by atoms with E-state index in [1.165, 1.54) is 25.7 Å². The summed E-state index contributed by atoms with van der Waals surface area (Å²) in [7, 11) is 0. The number of carboxylic acids is 1. The summed E-state index contributed by atoms with van der Waals surface area (Å²) in [6, 6.07) is 0.184. The van der Waals surface area contributed by atoms with Gasteiger partial charge in [0.05, 0.1) is 0 Å². The first kappa shape index (κ1) is 10.6. The van der Waals surface area contributed by atoms with Gasteiger partial charge in [-0.1, -0.05) is 20.3 Å². The van der Waals surface area contributed by atoms with E-state index in [2.05, 4.69) is 19.2 Å². The van der Waals surface area contributed by atoms with Crippen molar-refractivity contribution in [1.29, 1.82) is 0 Å². The second-order valence-corrected chi connectivity index (χ2v) is 6.18. The molecule has 90 valence electrons. The normalized spacial score (nSPS) is 55.0. The zero-order chi connectivity index (χ0) is 11.5. The molecule has 0 aromatic carbocycles. The molecule has 1 spiro atoms. The van der Waals surface area contributed by atoms with Crippen molar-refractivity contribution >= 4 is 5.97 Å². The van der Waals surface area contributed by atoms with Crippen LogP contribution in [0.5, 0.6) is 0 Å². The SMILES string of the molecule is CC1CC(C)C23CCCC2N[C@H](C(=O)O)C13. The van der Waals surface area contributed by atoms with Crippen LogP contribution in [0.15, 0.2) is 0 Å². The molecule has 1 aliphatic heterocycles. The Bertz CT molecular complexity index is 330. The van der Waals surface area contributed by atoms with Gasteiger partial charge in [0.2, 0.25) is 0 Å². The van der Waals surface area contributed by atoms with Gasteiger partial charge in [-0.25, -0.2) is 0 Å². The zero-order valence-corrected chi connectivity index (χ0v) is 10.1. The molecule has 0 aromatic heterocycles. The van der Waals surface area contributed by atoms with Crippen LogP contribution in [0.1, 0.15) is 39.5 Å². The lowest BCUT2D eigenvalue weighted by Gasteiger charge is -2.34. The highest BCUT2D eigenvalue weighted by molar-refractivity contribution is 5.75. The molecule has 3 nitrogen and oxygen atoms in total. The van der Waals surface area contributed by atoms with Gasteiger partial charge >= 0.3 is 5.97 Å². The van der Waals surface area contributed by atoms with Crippen LogP contribution in [-0.4, -0.2) is 23.2 Å². The molecule has 2 saturated carbocycles. The minimum Gasteiger partial charge on any atom is -0.480 e. The topological polar surface area (TPSA) is 49.3 Å². The average molecular weight is 223 g/mol. The molecule has 0 bridgehead atoms. The third kappa shape index (κ3) is 1.05. The summed E-state index contributed by atoms with van der Waals surface area (Å²) < 4.78 is 0. The van der Waals surface area contributed by atoms with Gasteiger partial charge in [-0.2, -0.15) is 0 Å². The maximum absolute atomic E-state index is 11.4. The Balaban J connectivity index is 2.02. The zero-order valence-electron chi connectivity index (χ0n) is 10.1. The molecule has 3 rings (SSSR count). The maximum Gasteiger partial charge on any atom is 0.321 e. The molecular weight excluding hydrogens is 202 g/mol. The number of nitrogens with one attached hydrogen (secondary N) is 1. The molecule has 0 radical (unpaired) electrons. The second kappa shape index (κ2) is 3.22. The highest BCUT2D eigenvalue weighted by atomic mass is 16.4. The fourth-order valence-electron chi connectivity index (χ4n) is 5.25. The molecule has 3 fully saturated rings. The largest absolute Gasteiger partial charge is 0.480 e. The fraction of sp³-hybridized carbons (Fsp3) is 0.923. The first-order valence-electron chi connectivity index (χ1n) is 6.56. The van der Waals surface area contributed by atoms with Gasteiger partial charge in [0.15, 0.2) is 0 Å². The summed E-state index contributed by atoms with van der Waals surface area (Å²) in [4.78, 5) is 11.4. The minimum absolute atomic E-state index is 0.287. The van der Waals surface area contributed by atoms with Crippen molar-refractivity contribution in [2.24, 2.45) is 23.2 Å². The van der Waals surface area contributed by atoms with E-state index in [4.69, 9.17) is 0 Å². The monoisotopic (exact) mass is 223 g/mol. The van der Waals surface area contributed by atoms with Crippen LogP contribution in [0.25, 0.3) is 0 Å². The van der Waals surface area contributed by atoms with Crippen LogP contribution < -0.4 is 5.32 Å². The van der Waals surface area contributed by atoms with E-state index in [1.54, 1.807) is 0 Å². The number of aliphatic carboxylic acids is 1. The van der Waals surface area contributed by atoms with Crippen LogP contribution in [0.4, 0.5) is 0 Å². The van der Waals surface area contributed by atoms with Crippen molar-refractivity contribution in [3.63, 3.8) is 0 Å². The number of hydrogen-bond donors (Lipinski definition) is 2. The lowest BCUT2D eigenvalue weighted by Crippen LogP contribution is -2.39. The van der Waals surface area contributed by atoms with E-state index in [9.17, 15) is 9.90 Å². The van der Waals surface area contributed by atoms with Crippen molar-refractivity contribution in [2.45, 2.75) is 51.6 Å². The molecule has 6 atom stereocenters. The lowest BCUT2D eigenvalue weighted by atomic mass is 9.69. The molecule has 3 heteroatoms. The smallest absolute Gasteiger partial charge is 0.321 e. The standard InChI is InChI=1S/C13H21NO2/c1-7-6-8(2)13-5-3-4-9(13)14-11(10(7)13)12(15)16/h7-11,14H,3-6H2,1-2H3,(H,15,16)/t7?,8?,9?,10?,11-,13?/m0/s1. The number of hydrogen-bond acceptors (Lipinski definition) is 2. The molecule has 1 saturated heterocycles. The first-order chi connectivity index (χ1) is 7.57. The highest BCUT2D eigenvalue weighted by Gasteiger charge is 2.65. The Morgan fingerprint density at radius 3 is 2.88 bits per heavy atom. The van der Waals surface area contributed by atoms with Gasteiger partial charge in [-0.15, -0.1) is 0 Å². The second-order valence-electron chi connectivity index (χ2n) is 6.18. The molecule has 3 aliphatic rings. The summed E-state index contributed by atoms with van der Waals surface area (Å²) >= 11 is 0. The Labute approximate surface area is 96.6 Å². The van der Waals surface area contributed by atoms with Crippen molar-refractivity contribution in [2.75, 3.05) is 0 Å². The molecule has 2 N–H and O–H groups in total. The summed E-state index contributed by atoms with van der Waals surface area (Å²) in [5, 5.41) is 12.8. The molecule has 5 unspecified atom stereocenters. The van der Waals surface area contributed by atoms with Gasteiger partial charge in [-0.05, 0) is 42.4 Å². The summed E-state index contributed by atoms with van der Waals surface area (Å²) in [5.74, 6) is 0.982. The quantitative estimate of drug-likeness (QED) is 0.713. The van der Waals surface area contributed by atoms with Gasteiger partial charge in [0, 0.05) is 6.04 Å². The first-order valence-corrected chi connectivity index (χ1v) is 6.56. The maximum atomic E-state index is 11.4. The molecule has 2 aliphatic carbocycles. The molecule has 1 heterocycles. The van der Waals surface area contributed by atoms with Crippen LogP contribution in [0, 0.1) is 23.2 Å². The van der Waals surface area contributed by atoms with E-state index in [1.807, 2.05) is 0 Å². The Morgan fingerprint density at radius 2 is 2.19 bits per heavy atom. The van der Waals surface area contributed by atoms with Crippen LogP contribution in [0.3, 0.4) is 0 Å². The third-order valence-electron chi connectivity index (χ3n) is 5.63. The average Bonchev–Trinajstić information content (AvgIpc) is 2.76. The van der Waals surface area contributed by atoms with E-state index in [-0.39, 0.29) is 6.04 Å². The third-order valence-corrected chi connectivity index (χ3v) is 5.63. The number of rotatable bonds is 1. The van der Waals surface area contributed by atoms with E-state index in [0.717, 1.165) is 0 Å². The molecule has 0 amide bonds. The van der Waals surface area contributed by atoms with Crippen LogP contribution in [-0.2, 0) is 4.79 Å². The predicted molar refractivity (Wildman–Crippen MR) is 61.1 cm³/mol. The Kier molecular flexibility index (Phi) is 2.13. The number of carbonyl (C=O) groups is 1. The Morgan fingerprint density at radius 1 is 1.44 bits per heavy atom. The minimum atomic E-state index is -0.639. The van der Waals surface area contributed by atoms with Gasteiger partial charge in [-0.3, -0.25) is 4.79 Å². The molecule has 16 heavy (non-hydrogen) atoms. The Hall–Kier alpha value is -0.570. The van der Waals surface area contributed by atoms with Gasteiger partial charge in [0.1, 0.15) is 6.04 Å². The molecular formula is C13H21NO2. The van der Waals surface area contributed by atoms with E-state index >= 15 is 0 Å². The van der Waals surface area contributed by atoms with Crippen molar-refractivity contribution in [3.8, 4) is 0 Å². The number of carboxylic acid groups (broad SMARTS) is 1. The van der Waals surface area contributed by atoms with Crippen LogP contribution >= 0.6 is 0 Å². The van der Waals surface area contributed by atoms with Gasteiger partial charge in [0.25, 0.3) is 0 Å². The van der Waals surface area contributed by atoms with Crippen molar-refractivity contribution in [3.05, 3.63) is 0 Å². The highest BCUT2D eigenvalue weighted by Crippen LogP contribution is 2.63.